The highest BCUT2D eigenvalue weighted by atomic mass is 31.2. The van der Waals surface area contributed by atoms with Crippen LogP contribution in [0.25, 0.3) is 22.7 Å². The molecule has 2 heterocycles. The highest BCUT2D eigenvalue weighted by Gasteiger charge is 2.30. The van der Waals surface area contributed by atoms with Crippen LogP contribution in [0.1, 0.15) is 48.6 Å². The first kappa shape index (κ1) is 25.8. The number of nitrogens with one attached hydrogen (secondary N) is 1. The molecule has 0 atom stereocenters. The summed E-state index contributed by atoms with van der Waals surface area (Å²) in [6, 6.07) is 2.49. The average Bonchev–Trinajstić information content (AvgIpc) is 3.26. The standard InChI is InChI=1S/C18H21N4O8P.Mg.2H/c1-5-19-18(24)15-14(17-20-9(4)28-22-17)16(29-21-15)11-6-10(8(2)3)13(7-12(11)23)30-31(25,26)27;;;/h6-8,23H,5H2,1-4H3,(H,19,24)(H2,25,26,27);;;. The smallest absolute Gasteiger partial charge is 0.507 e. The molecular formula is C18H23MgN4O8P. The summed E-state index contributed by atoms with van der Waals surface area (Å²) in [5, 5.41) is 20.8. The van der Waals surface area contributed by atoms with E-state index >= 15 is 0 Å². The van der Waals surface area contributed by atoms with Gasteiger partial charge in [-0.05, 0) is 24.5 Å². The van der Waals surface area contributed by atoms with E-state index in [-0.39, 0.29) is 69.0 Å². The monoisotopic (exact) mass is 478 g/mol. The number of phenolic OH excluding ortho intramolecular Hbond substituents is 1. The molecule has 0 bridgehead atoms. The maximum absolute atomic E-state index is 12.5. The van der Waals surface area contributed by atoms with Crippen molar-refractivity contribution in [2.75, 3.05) is 6.54 Å². The van der Waals surface area contributed by atoms with Crippen molar-refractivity contribution in [3.8, 4) is 34.2 Å². The van der Waals surface area contributed by atoms with Crippen molar-refractivity contribution in [3.05, 3.63) is 29.3 Å². The van der Waals surface area contributed by atoms with E-state index in [1.54, 1.807) is 27.7 Å². The van der Waals surface area contributed by atoms with Gasteiger partial charge >= 0.3 is 30.9 Å². The minimum Gasteiger partial charge on any atom is -0.507 e. The molecule has 0 aliphatic heterocycles. The van der Waals surface area contributed by atoms with Crippen LogP contribution in [-0.4, -0.2) is 65.7 Å². The number of phenols is 1. The zero-order valence-corrected chi connectivity index (χ0v) is 18.0. The van der Waals surface area contributed by atoms with E-state index in [9.17, 15) is 24.3 Å². The summed E-state index contributed by atoms with van der Waals surface area (Å²) in [4.78, 5) is 34.9. The van der Waals surface area contributed by atoms with Crippen molar-refractivity contribution in [2.45, 2.75) is 33.6 Å². The zero-order valence-electron chi connectivity index (χ0n) is 17.1. The Bertz CT molecular complexity index is 1170. The second-order valence-electron chi connectivity index (χ2n) is 6.88. The fourth-order valence-corrected chi connectivity index (χ4v) is 3.32. The number of carbonyl (C=O) groups excluding carboxylic acids is 1. The van der Waals surface area contributed by atoms with Gasteiger partial charge in [-0.2, -0.15) is 4.98 Å². The number of phosphoric acid groups is 1. The van der Waals surface area contributed by atoms with Gasteiger partial charge in [0, 0.05) is 19.5 Å². The van der Waals surface area contributed by atoms with Crippen LogP contribution >= 0.6 is 7.82 Å². The topological polar surface area (TPSA) is 181 Å². The van der Waals surface area contributed by atoms with Crippen molar-refractivity contribution in [1.29, 1.82) is 0 Å². The van der Waals surface area contributed by atoms with E-state index in [4.69, 9.17) is 13.6 Å². The molecule has 0 spiro atoms. The number of phosphoric ester groups is 1. The summed E-state index contributed by atoms with van der Waals surface area (Å²) in [5.74, 6) is -1.16. The molecule has 32 heavy (non-hydrogen) atoms. The largest absolute Gasteiger partial charge is 0.524 e. The Hall–Kier alpha value is -2.44. The number of aromatic nitrogens is 3. The van der Waals surface area contributed by atoms with Gasteiger partial charge in [-0.25, -0.2) is 4.57 Å². The molecule has 14 heteroatoms. The van der Waals surface area contributed by atoms with Gasteiger partial charge in [-0.1, -0.05) is 24.2 Å². The minimum atomic E-state index is -4.86. The molecule has 2 aromatic heterocycles. The molecular weight excluding hydrogens is 455 g/mol. The van der Waals surface area contributed by atoms with Gasteiger partial charge in [-0.15, -0.1) is 0 Å². The van der Waals surface area contributed by atoms with Gasteiger partial charge in [0.15, 0.2) is 11.5 Å². The molecule has 0 aliphatic carbocycles. The molecule has 170 valence electrons. The van der Waals surface area contributed by atoms with Crippen molar-refractivity contribution >= 4 is 36.8 Å². The number of aromatic hydroxyl groups is 1. The molecule has 0 aliphatic rings. The van der Waals surface area contributed by atoms with E-state index in [2.05, 4.69) is 20.6 Å². The molecule has 0 saturated carbocycles. The number of hydrogen-bond acceptors (Lipinski definition) is 9. The maximum atomic E-state index is 12.5. The maximum Gasteiger partial charge on any atom is 0.524 e. The van der Waals surface area contributed by atoms with E-state index in [0.29, 0.717) is 12.1 Å². The van der Waals surface area contributed by atoms with E-state index in [1.165, 1.54) is 6.07 Å². The summed E-state index contributed by atoms with van der Waals surface area (Å²) in [7, 11) is -4.86. The third-order valence-electron chi connectivity index (χ3n) is 4.21. The fourth-order valence-electron chi connectivity index (χ4n) is 2.91. The summed E-state index contributed by atoms with van der Waals surface area (Å²) in [6.07, 6.45) is 0. The Kier molecular flexibility index (Phi) is 8.07. The second-order valence-corrected chi connectivity index (χ2v) is 8.04. The lowest BCUT2D eigenvalue weighted by molar-refractivity contribution is 0.0947. The molecule has 0 saturated heterocycles. The second kappa shape index (κ2) is 10.0. The average molecular weight is 479 g/mol. The summed E-state index contributed by atoms with van der Waals surface area (Å²) in [5.41, 5.74) is 0.458. The lowest BCUT2D eigenvalue weighted by atomic mass is 9.96. The molecule has 3 aromatic rings. The lowest BCUT2D eigenvalue weighted by Gasteiger charge is -2.16. The van der Waals surface area contributed by atoms with Gasteiger partial charge in [0.2, 0.25) is 11.7 Å². The van der Waals surface area contributed by atoms with E-state index in [1.807, 2.05) is 0 Å². The fraction of sp³-hybridized carbons (Fsp3) is 0.333. The van der Waals surface area contributed by atoms with E-state index < -0.39 is 19.5 Å². The molecule has 12 nitrogen and oxygen atoms in total. The Morgan fingerprint density at radius 3 is 2.47 bits per heavy atom. The molecule has 0 unspecified atom stereocenters. The minimum absolute atomic E-state index is 0. The van der Waals surface area contributed by atoms with Crippen LogP contribution in [0.4, 0.5) is 0 Å². The first-order valence-electron chi connectivity index (χ1n) is 9.22. The molecule has 4 N–H and O–H groups in total. The predicted octanol–water partition coefficient (Wildman–Crippen LogP) is 1.83. The Labute approximate surface area is 198 Å². The SMILES string of the molecule is CCNC(=O)c1noc(-c2cc(C(C)C)c(OP(=O)(O)O)cc2O)c1-c1noc(C)n1.[MgH2]. The number of amides is 1. The Morgan fingerprint density at radius 2 is 1.94 bits per heavy atom. The summed E-state index contributed by atoms with van der Waals surface area (Å²) >= 11 is 0. The molecule has 1 aromatic carbocycles. The zero-order chi connectivity index (χ0) is 22.9. The Balaban J connectivity index is 0.00000363. The van der Waals surface area contributed by atoms with Crippen LogP contribution in [0.2, 0.25) is 0 Å². The van der Waals surface area contributed by atoms with Crippen molar-refractivity contribution in [1.82, 2.24) is 20.6 Å². The van der Waals surface area contributed by atoms with E-state index in [0.717, 1.165) is 6.07 Å². The number of benzene rings is 1. The highest BCUT2D eigenvalue weighted by molar-refractivity contribution is 7.46. The van der Waals surface area contributed by atoms with Gasteiger partial charge in [0.05, 0.1) is 5.56 Å². The number of hydrogen-bond donors (Lipinski definition) is 4. The molecule has 0 fully saturated rings. The summed E-state index contributed by atoms with van der Waals surface area (Å²) < 4.78 is 26.4. The molecule has 1 amide bonds. The molecule has 3 rings (SSSR count). The first-order chi connectivity index (χ1) is 14.5. The van der Waals surface area contributed by atoms with Crippen LogP contribution in [-0.2, 0) is 4.57 Å². The third-order valence-corrected chi connectivity index (χ3v) is 4.64. The molecule has 0 radical (unpaired) electrons. The predicted molar refractivity (Wildman–Crippen MR) is 115 cm³/mol. The number of nitrogens with zero attached hydrogens (tertiary/aromatic N) is 3. The normalized spacial score (nSPS) is 11.3. The van der Waals surface area contributed by atoms with Crippen LogP contribution in [0.5, 0.6) is 11.5 Å². The number of rotatable bonds is 7. The third kappa shape index (κ3) is 5.48. The van der Waals surface area contributed by atoms with Crippen LogP contribution in [0.3, 0.4) is 0 Å². The number of carbonyl (C=O) groups is 1. The quantitative estimate of drug-likeness (QED) is 0.287. The van der Waals surface area contributed by atoms with Gasteiger partial charge in [-0.3, -0.25) is 14.6 Å². The lowest BCUT2D eigenvalue weighted by Crippen LogP contribution is -2.23. The van der Waals surface area contributed by atoms with Crippen LogP contribution in [0, 0.1) is 6.92 Å². The first-order valence-corrected chi connectivity index (χ1v) is 10.8. The van der Waals surface area contributed by atoms with Crippen LogP contribution < -0.4 is 9.84 Å². The summed E-state index contributed by atoms with van der Waals surface area (Å²) in [6.45, 7) is 7.18. The van der Waals surface area contributed by atoms with Crippen LogP contribution in [0.15, 0.2) is 21.2 Å². The van der Waals surface area contributed by atoms with Crippen molar-refractivity contribution < 1.29 is 37.8 Å². The van der Waals surface area contributed by atoms with Gasteiger partial charge < -0.3 is 24.0 Å². The number of aryl methyl sites for hydroxylation is 1. The Morgan fingerprint density at radius 1 is 1.25 bits per heavy atom. The van der Waals surface area contributed by atoms with Gasteiger partial charge in [0.1, 0.15) is 17.1 Å². The van der Waals surface area contributed by atoms with Crippen molar-refractivity contribution in [2.24, 2.45) is 0 Å². The van der Waals surface area contributed by atoms with Crippen molar-refractivity contribution in [3.63, 3.8) is 0 Å². The van der Waals surface area contributed by atoms with Gasteiger partial charge in [0.25, 0.3) is 5.91 Å². The highest BCUT2D eigenvalue weighted by Crippen LogP contribution is 2.46.